The van der Waals surface area contributed by atoms with Crippen LogP contribution in [0.25, 0.3) is 0 Å². The van der Waals surface area contributed by atoms with Gasteiger partial charge in [0.25, 0.3) is 0 Å². The van der Waals surface area contributed by atoms with Crippen molar-refractivity contribution in [3.63, 3.8) is 0 Å². The van der Waals surface area contributed by atoms with E-state index in [0.717, 1.165) is 4.88 Å². The van der Waals surface area contributed by atoms with Crippen LogP contribution in [0.3, 0.4) is 0 Å². The van der Waals surface area contributed by atoms with Gasteiger partial charge in [-0.1, -0.05) is 0 Å². The first-order valence-electron chi connectivity index (χ1n) is 6.55. The van der Waals surface area contributed by atoms with E-state index in [4.69, 9.17) is 4.74 Å². The maximum absolute atomic E-state index is 12.6. The predicted octanol–water partition coefficient (Wildman–Crippen LogP) is 1.02. The average molecular weight is 302 g/mol. The quantitative estimate of drug-likeness (QED) is 0.882. The van der Waals surface area contributed by atoms with Gasteiger partial charge < -0.3 is 10.1 Å². The maximum Gasteiger partial charge on any atom is 0.244 e. The van der Waals surface area contributed by atoms with Gasteiger partial charge in [0.05, 0.1) is 18.1 Å². The molecule has 1 aliphatic heterocycles. The molecule has 1 saturated carbocycles. The molecule has 2 aliphatic rings. The first-order valence-corrected chi connectivity index (χ1v) is 8.87. The molecule has 0 unspecified atom stereocenters. The minimum atomic E-state index is -3.35. The van der Waals surface area contributed by atoms with Crippen molar-refractivity contribution in [3.05, 3.63) is 16.3 Å². The van der Waals surface area contributed by atoms with E-state index in [0.29, 0.717) is 43.8 Å². The number of rotatable bonds is 5. The highest BCUT2D eigenvalue weighted by molar-refractivity contribution is 7.89. The number of nitrogens with one attached hydrogen (secondary N) is 1. The summed E-state index contributed by atoms with van der Waals surface area (Å²) in [6.07, 6.45) is 2.41. The van der Waals surface area contributed by atoms with Crippen molar-refractivity contribution in [2.75, 3.05) is 26.3 Å². The first-order chi connectivity index (χ1) is 9.18. The molecule has 1 aromatic rings. The monoisotopic (exact) mass is 302 g/mol. The highest BCUT2D eigenvalue weighted by atomic mass is 32.2. The molecule has 1 aliphatic carbocycles. The molecule has 1 saturated heterocycles. The minimum Gasteiger partial charge on any atom is -0.379 e. The van der Waals surface area contributed by atoms with Crippen LogP contribution < -0.4 is 5.32 Å². The number of morpholine rings is 1. The highest BCUT2D eigenvalue weighted by Gasteiger charge is 2.29. The van der Waals surface area contributed by atoms with Crippen LogP contribution in [-0.2, 0) is 21.3 Å². The summed E-state index contributed by atoms with van der Waals surface area (Å²) in [5.74, 6) is 0. The highest BCUT2D eigenvalue weighted by Crippen LogP contribution is 2.27. The van der Waals surface area contributed by atoms with Gasteiger partial charge in [-0.15, -0.1) is 11.3 Å². The average Bonchev–Trinajstić information content (AvgIpc) is 3.13. The third-order valence-corrected chi connectivity index (χ3v) is 6.45. The fourth-order valence-electron chi connectivity index (χ4n) is 2.14. The summed E-state index contributed by atoms with van der Waals surface area (Å²) in [5.41, 5.74) is 0. The number of hydrogen-bond acceptors (Lipinski definition) is 5. The van der Waals surface area contributed by atoms with E-state index in [9.17, 15) is 8.42 Å². The van der Waals surface area contributed by atoms with E-state index in [1.165, 1.54) is 28.5 Å². The lowest BCUT2D eigenvalue weighted by molar-refractivity contribution is 0.0730. The summed E-state index contributed by atoms with van der Waals surface area (Å²) in [5, 5.41) is 5.24. The Hall–Kier alpha value is -0.470. The fraction of sp³-hybridized carbons (Fsp3) is 0.667. The van der Waals surface area contributed by atoms with Crippen LogP contribution in [0, 0.1) is 0 Å². The van der Waals surface area contributed by atoms with Gasteiger partial charge in [-0.3, -0.25) is 0 Å². The number of ether oxygens (including phenoxy) is 1. The Morgan fingerprint density at radius 3 is 2.79 bits per heavy atom. The van der Waals surface area contributed by atoms with Crippen molar-refractivity contribution >= 4 is 21.4 Å². The second-order valence-corrected chi connectivity index (χ2v) is 7.79. The van der Waals surface area contributed by atoms with Crippen LogP contribution in [0.15, 0.2) is 16.3 Å². The Kier molecular flexibility index (Phi) is 3.91. The summed E-state index contributed by atoms with van der Waals surface area (Å²) in [4.78, 5) is 1.38. The zero-order valence-electron chi connectivity index (χ0n) is 10.7. The topological polar surface area (TPSA) is 58.6 Å². The van der Waals surface area contributed by atoms with Crippen LogP contribution >= 0.6 is 11.3 Å². The van der Waals surface area contributed by atoms with E-state index < -0.39 is 10.0 Å². The molecule has 0 aromatic carbocycles. The van der Waals surface area contributed by atoms with Crippen molar-refractivity contribution in [3.8, 4) is 0 Å². The van der Waals surface area contributed by atoms with Crippen LogP contribution in [0.5, 0.6) is 0 Å². The van der Waals surface area contributed by atoms with Gasteiger partial charge >= 0.3 is 0 Å². The lowest BCUT2D eigenvalue weighted by Gasteiger charge is -2.26. The molecule has 7 heteroatoms. The van der Waals surface area contributed by atoms with Gasteiger partial charge in [0.2, 0.25) is 10.0 Å². The maximum atomic E-state index is 12.6. The van der Waals surface area contributed by atoms with Gasteiger partial charge in [-0.05, 0) is 24.3 Å². The summed E-state index contributed by atoms with van der Waals surface area (Å²) < 4.78 is 31.9. The van der Waals surface area contributed by atoms with Crippen molar-refractivity contribution in [2.24, 2.45) is 0 Å². The molecule has 0 atom stereocenters. The van der Waals surface area contributed by atoms with E-state index in [1.807, 2.05) is 5.38 Å². The molecule has 0 bridgehead atoms. The molecule has 1 N–H and O–H groups in total. The molecule has 1 aromatic heterocycles. The lowest BCUT2D eigenvalue weighted by Crippen LogP contribution is -2.40. The van der Waals surface area contributed by atoms with Crippen molar-refractivity contribution in [1.82, 2.24) is 9.62 Å². The van der Waals surface area contributed by atoms with Gasteiger partial charge in [-0.25, -0.2) is 8.42 Å². The molecule has 0 radical (unpaired) electrons. The molecular formula is C12H18N2O3S2. The molecule has 3 rings (SSSR count). The minimum absolute atomic E-state index is 0.452. The molecular weight excluding hydrogens is 284 g/mol. The van der Waals surface area contributed by atoms with E-state index in [-0.39, 0.29) is 0 Å². The Balaban J connectivity index is 1.77. The lowest BCUT2D eigenvalue weighted by atomic mass is 10.4. The predicted molar refractivity (Wildman–Crippen MR) is 73.8 cm³/mol. The van der Waals surface area contributed by atoms with Crippen molar-refractivity contribution in [2.45, 2.75) is 30.3 Å². The van der Waals surface area contributed by atoms with E-state index in [2.05, 4.69) is 5.32 Å². The van der Waals surface area contributed by atoms with Crippen LogP contribution in [-0.4, -0.2) is 45.1 Å². The molecule has 0 amide bonds. The van der Waals surface area contributed by atoms with Crippen LogP contribution in [0.4, 0.5) is 0 Å². The second kappa shape index (κ2) is 5.49. The second-order valence-electron chi connectivity index (χ2n) is 4.88. The molecule has 2 heterocycles. The molecule has 2 fully saturated rings. The van der Waals surface area contributed by atoms with Gasteiger partial charge in [0.15, 0.2) is 0 Å². The van der Waals surface area contributed by atoms with Crippen LogP contribution in [0.1, 0.15) is 17.7 Å². The van der Waals surface area contributed by atoms with E-state index in [1.54, 1.807) is 6.07 Å². The van der Waals surface area contributed by atoms with Gasteiger partial charge in [-0.2, -0.15) is 4.31 Å². The number of hydrogen-bond donors (Lipinski definition) is 1. The number of nitrogens with zero attached hydrogens (tertiary/aromatic N) is 1. The van der Waals surface area contributed by atoms with Crippen LogP contribution in [0.2, 0.25) is 0 Å². The smallest absolute Gasteiger partial charge is 0.244 e. The summed E-state index contributed by atoms with van der Waals surface area (Å²) in [6, 6.07) is 2.31. The Bertz CT molecular complexity index is 531. The van der Waals surface area contributed by atoms with Gasteiger partial charge in [0.1, 0.15) is 0 Å². The first kappa shape index (κ1) is 13.5. The molecule has 106 valence electrons. The number of thiophene rings is 1. The molecule has 19 heavy (non-hydrogen) atoms. The Morgan fingerprint density at radius 1 is 1.37 bits per heavy atom. The number of sulfonamides is 1. The van der Waals surface area contributed by atoms with Gasteiger partial charge in [0, 0.05) is 30.6 Å². The SMILES string of the molecule is O=S(=O)(c1ccsc1CNC1CC1)N1CCOCC1. The normalized spacial score (nSPS) is 21.7. The summed E-state index contributed by atoms with van der Waals surface area (Å²) in [7, 11) is -3.35. The summed E-state index contributed by atoms with van der Waals surface area (Å²) >= 11 is 1.51. The Labute approximate surface area is 117 Å². The van der Waals surface area contributed by atoms with Crippen molar-refractivity contribution < 1.29 is 13.2 Å². The third-order valence-electron chi connectivity index (χ3n) is 3.42. The molecule has 5 nitrogen and oxygen atoms in total. The fourth-order valence-corrected chi connectivity index (χ4v) is 4.91. The zero-order chi connectivity index (χ0) is 13.3. The standard InChI is InChI=1S/C12H18N2O3S2/c15-19(16,14-4-6-17-7-5-14)12-3-8-18-11(12)9-13-10-1-2-10/h3,8,10,13H,1-2,4-7,9H2. The van der Waals surface area contributed by atoms with E-state index >= 15 is 0 Å². The zero-order valence-corrected chi connectivity index (χ0v) is 12.3. The third kappa shape index (κ3) is 3.00. The largest absolute Gasteiger partial charge is 0.379 e. The van der Waals surface area contributed by atoms with Crippen molar-refractivity contribution in [1.29, 1.82) is 0 Å². The molecule has 0 spiro atoms. The Morgan fingerprint density at radius 2 is 2.11 bits per heavy atom. The summed E-state index contributed by atoms with van der Waals surface area (Å²) in [6.45, 7) is 2.53.